The van der Waals surface area contributed by atoms with Gasteiger partial charge >= 0.3 is 6.01 Å². The third-order valence-corrected chi connectivity index (χ3v) is 6.37. The fraction of sp³-hybridized carbons (Fsp3) is 0.0588. The van der Waals surface area contributed by atoms with Crippen molar-refractivity contribution in [3.63, 3.8) is 0 Å². The van der Waals surface area contributed by atoms with Gasteiger partial charge in [0.1, 0.15) is 28.7 Å². The van der Waals surface area contributed by atoms with Gasteiger partial charge in [0.15, 0.2) is 7.05 Å². The number of benzene rings is 4. The normalized spacial score (nSPS) is 12.1. The predicted molar refractivity (Wildman–Crippen MR) is 155 cm³/mol. The van der Waals surface area contributed by atoms with E-state index in [-0.39, 0.29) is 0 Å². The standard InChI is InChI=1S/C34H27N3O3/c1-36-17-18-37(24-36)28-9-5-13-32(22-28)39-31-12-4-8-27(20-31)34-21-26(15-16-35-34)25-7-3-11-30(19-25)40-33-14-6-10-29(23-33)38-2/h3-23H,1-2H3/q+2. The van der Waals surface area contributed by atoms with E-state index in [2.05, 4.69) is 23.1 Å². The molecule has 0 radical (unpaired) electrons. The number of rotatable bonds is 8. The average Bonchev–Trinajstić information content (AvgIpc) is 3.44. The highest BCUT2D eigenvalue weighted by atomic mass is 16.5. The molecule has 4 aromatic carbocycles. The molecule has 0 N–H and O–H groups in total. The fourth-order valence-electron chi connectivity index (χ4n) is 4.41. The van der Waals surface area contributed by atoms with Crippen LogP contribution in [-0.2, 0) is 0 Å². The first-order chi connectivity index (χ1) is 19.6. The van der Waals surface area contributed by atoms with E-state index >= 15 is 0 Å². The van der Waals surface area contributed by atoms with Gasteiger partial charge in [-0.3, -0.25) is 4.98 Å². The molecule has 0 aliphatic carbocycles. The van der Waals surface area contributed by atoms with Gasteiger partial charge in [0.05, 0.1) is 18.9 Å². The fourth-order valence-corrected chi connectivity index (χ4v) is 4.41. The highest BCUT2D eigenvalue weighted by molar-refractivity contribution is 5.72. The summed E-state index contributed by atoms with van der Waals surface area (Å²) in [4.78, 5) is 4.64. The molecule has 194 valence electrons. The van der Waals surface area contributed by atoms with E-state index in [0.29, 0.717) is 0 Å². The van der Waals surface area contributed by atoms with Gasteiger partial charge < -0.3 is 14.2 Å². The minimum atomic E-state index is 0.717. The number of nitrogens with zero attached hydrogens (tertiary/aromatic N) is 3. The summed E-state index contributed by atoms with van der Waals surface area (Å²) < 4.78 is 21.4. The Balaban J connectivity index is 1.23. The van der Waals surface area contributed by atoms with Crippen LogP contribution in [0, 0.1) is 0 Å². The molecule has 40 heavy (non-hydrogen) atoms. The lowest BCUT2D eigenvalue weighted by atomic mass is 10.0. The van der Waals surface area contributed by atoms with Crippen molar-refractivity contribution in [2.75, 3.05) is 14.2 Å². The molecule has 0 fully saturated rings. The molecule has 2 heterocycles. The molecule has 6 nitrogen and oxygen atoms in total. The van der Waals surface area contributed by atoms with Crippen molar-refractivity contribution in [3.05, 3.63) is 128 Å². The quantitative estimate of drug-likeness (QED) is 0.193. The molecule has 1 aliphatic rings. The molecule has 5 aromatic rings. The minimum Gasteiger partial charge on any atom is -0.497 e. The number of aromatic nitrogens is 1. The van der Waals surface area contributed by atoms with Crippen LogP contribution >= 0.6 is 0 Å². The second kappa shape index (κ2) is 11.1. The topological polar surface area (TPSA) is 46.6 Å². The van der Waals surface area contributed by atoms with Gasteiger partial charge in [-0.2, -0.15) is 0 Å². The SMILES string of the molecule is COc1cccc(Oc2cccc(-c3ccnc(-c4cccc(Oc5cccc([N+]6=C=[N+](C)C=C6)c5)c4)c3)c2)c1. The smallest absolute Gasteiger partial charge is 0.495 e. The van der Waals surface area contributed by atoms with Crippen LogP contribution in [-0.4, -0.2) is 34.3 Å². The zero-order chi connectivity index (χ0) is 27.3. The second-order valence-electron chi connectivity index (χ2n) is 9.24. The van der Waals surface area contributed by atoms with E-state index in [0.717, 1.165) is 56.8 Å². The first-order valence-electron chi connectivity index (χ1n) is 12.9. The lowest BCUT2D eigenvalue weighted by molar-refractivity contribution is -0.429. The zero-order valence-corrected chi connectivity index (χ0v) is 22.2. The molecule has 0 unspecified atom stereocenters. The highest BCUT2D eigenvalue weighted by Gasteiger charge is 2.17. The van der Waals surface area contributed by atoms with Gasteiger partial charge in [-0.1, -0.05) is 45.5 Å². The summed E-state index contributed by atoms with van der Waals surface area (Å²) in [7, 11) is 3.59. The van der Waals surface area contributed by atoms with E-state index < -0.39 is 0 Å². The summed E-state index contributed by atoms with van der Waals surface area (Å²) in [6, 6.07) is 38.7. The maximum atomic E-state index is 6.23. The maximum Gasteiger partial charge on any atom is 0.495 e. The molecule has 0 saturated carbocycles. The number of methoxy groups -OCH3 is 1. The lowest BCUT2D eigenvalue weighted by Crippen LogP contribution is -1.94. The van der Waals surface area contributed by atoms with Gasteiger partial charge in [-0.15, -0.1) is 0 Å². The van der Waals surface area contributed by atoms with Gasteiger partial charge in [-0.25, -0.2) is 0 Å². The van der Waals surface area contributed by atoms with Gasteiger partial charge in [0.25, 0.3) is 6.20 Å². The molecule has 0 saturated heterocycles. The van der Waals surface area contributed by atoms with Crippen molar-refractivity contribution in [2.24, 2.45) is 0 Å². The van der Waals surface area contributed by atoms with Crippen molar-refractivity contribution in [3.8, 4) is 51.1 Å². The van der Waals surface area contributed by atoms with Gasteiger partial charge in [0, 0.05) is 23.9 Å². The van der Waals surface area contributed by atoms with Crippen molar-refractivity contribution in [1.82, 2.24) is 4.98 Å². The summed E-state index contributed by atoms with van der Waals surface area (Å²) in [6.45, 7) is 0. The lowest BCUT2D eigenvalue weighted by Gasteiger charge is -2.10. The summed E-state index contributed by atoms with van der Waals surface area (Å²) in [5.41, 5.74) is 4.86. The van der Waals surface area contributed by atoms with Crippen LogP contribution in [0.3, 0.4) is 0 Å². The first-order valence-corrected chi connectivity index (χ1v) is 12.9. The molecule has 0 amide bonds. The molecule has 0 atom stereocenters. The Bertz CT molecular complexity index is 1800. The molecular formula is C34H27N3O3+2. The first kappa shape index (κ1) is 24.9. The molecule has 1 aliphatic heterocycles. The molecule has 0 spiro atoms. The van der Waals surface area contributed by atoms with Gasteiger partial charge in [0.2, 0.25) is 11.9 Å². The number of ether oxygens (including phenoxy) is 3. The summed E-state index contributed by atoms with van der Waals surface area (Å²) in [6.07, 6.45) is 5.73. The monoisotopic (exact) mass is 525 g/mol. The van der Waals surface area contributed by atoms with Crippen LogP contribution in [0.1, 0.15) is 0 Å². The Morgan fingerprint density at radius 2 is 1.20 bits per heavy atom. The van der Waals surface area contributed by atoms with Crippen molar-refractivity contribution < 1.29 is 23.4 Å². The Labute approximate surface area is 233 Å². The third-order valence-electron chi connectivity index (χ3n) is 6.37. The van der Waals surface area contributed by atoms with Crippen molar-refractivity contribution >= 4 is 11.7 Å². The van der Waals surface area contributed by atoms with E-state index in [1.54, 1.807) is 7.11 Å². The molecule has 6 heteroatoms. The molecule has 1 aromatic heterocycles. The van der Waals surface area contributed by atoms with Crippen LogP contribution in [0.5, 0.6) is 28.7 Å². The van der Waals surface area contributed by atoms with E-state index in [1.165, 1.54) is 0 Å². The van der Waals surface area contributed by atoms with Gasteiger partial charge in [-0.05, 0) is 65.7 Å². The average molecular weight is 526 g/mol. The Hall–Kier alpha value is -5.45. The maximum absolute atomic E-state index is 6.23. The van der Waals surface area contributed by atoms with Crippen molar-refractivity contribution in [1.29, 1.82) is 0 Å². The van der Waals surface area contributed by atoms with E-state index in [4.69, 9.17) is 14.2 Å². The Morgan fingerprint density at radius 1 is 0.600 bits per heavy atom. The molecule has 6 rings (SSSR count). The minimum absolute atomic E-state index is 0.717. The van der Waals surface area contributed by atoms with Crippen LogP contribution in [0.25, 0.3) is 22.4 Å². The Kier molecular flexibility index (Phi) is 6.91. The van der Waals surface area contributed by atoms with Crippen LogP contribution < -0.4 is 14.2 Å². The van der Waals surface area contributed by atoms with E-state index in [9.17, 15) is 0 Å². The number of hydrogen-bond acceptors (Lipinski definition) is 4. The highest BCUT2D eigenvalue weighted by Crippen LogP contribution is 2.32. The summed E-state index contributed by atoms with van der Waals surface area (Å²) >= 11 is 0. The predicted octanol–water partition coefficient (Wildman–Crippen LogP) is 7.95. The van der Waals surface area contributed by atoms with Crippen molar-refractivity contribution in [2.45, 2.75) is 0 Å². The third kappa shape index (κ3) is 5.68. The number of hydrogen-bond donors (Lipinski definition) is 0. The van der Waals surface area contributed by atoms with Crippen LogP contribution in [0.15, 0.2) is 128 Å². The van der Waals surface area contributed by atoms with Crippen LogP contribution in [0.2, 0.25) is 0 Å². The van der Waals surface area contributed by atoms with E-state index in [1.807, 2.05) is 132 Å². The largest absolute Gasteiger partial charge is 0.497 e. The molecular weight excluding hydrogens is 498 g/mol. The second-order valence-corrected chi connectivity index (χ2v) is 9.24. The molecule has 0 bridgehead atoms. The summed E-state index contributed by atoms with van der Waals surface area (Å²) in [5, 5.41) is 0. The zero-order valence-electron chi connectivity index (χ0n) is 22.2. The summed E-state index contributed by atoms with van der Waals surface area (Å²) in [5.74, 6) is 3.69. The Morgan fingerprint density at radius 3 is 1.93 bits per heavy atom. The van der Waals surface area contributed by atoms with Crippen LogP contribution in [0.4, 0.5) is 5.69 Å². The number of pyridine rings is 1.